The molecule has 0 aliphatic carbocycles. The van der Waals surface area contributed by atoms with Gasteiger partial charge in [0.1, 0.15) is 6.29 Å². The molecule has 0 fully saturated rings. The first kappa shape index (κ1) is 9.14. The summed E-state index contributed by atoms with van der Waals surface area (Å²) >= 11 is 0. The predicted molar refractivity (Wildman–Crippen MR) is 22.1 cm³/mol. The van der Waals surface area contributed by atoms with Crippen molar-refractivity contribution in [3.63, 3.8) is 0 Å². The first-order chi connectivity index (χ1) is 1.91. The number of hydrogen-bond donors (Lipinski definition) is 0. The molecule has 0 aromatic carbocycles. The third-order valence-corrected chi connectivity index (χ3v) is 0.167. The van der Waals surface area contributed by atoms with Gasteiger partial charge >= 0.3 is 0 Å². The number of hydrogen-bond acceptors (Lipinski definition) is 1. The first-order valence-electron chi connectivity index (χ1n) is 1.35. The summed E-state index contributed by atoms with van der Waals surface area (Å²) in [6.45, 7) is 1.81. The summed E-state index contributed by atoms with van der Waals surface area (Å²) in [6, 6.07) is 0. The molecule has 0 heterocycles. The van der Waals surface area contributed by atoms with E-state index in [9.17, 15) is 4.79 Å². The van der Waals surface area contributed by atoms with Crippen molar-refractivity contribution in [2.24, 2.45) is 0 Å². The van der Waals surface area contributed by atoms with Crippen molar-refractivity contribution in [3.8, 4) is 0 Å². The summed E-state index contributed by atoms with van der Waals surface area (Å²) in [6.07, 6.45) is 1.51. The molecule has 5 heavy (non-hydrogen) atoms. The van der Waals surface area contributed by atoms with E-state index in [0.717, 1.165) is 6.29 Å². The largest absolute Gasteiger partial charge is 0.303 e. The van der Waals surface area contributed by atoms with Crippen LogP contribution in [0.2, 0.25) is 0 Å². The first-order valence-corrected chi connectivity index (χ1v) is 1.35. The topological polar surface area (TPSA) is 17.1 Å². The van der Waals surface area contributed by atoms with E-state index in [1.165, 1.54) is 0 Å². The summed E-state index contributed by atoms with van der Waals surface area (Å²) in [5, 5.41) is 0. The zero-order chi connectivity index (χ0) is 3.41. The molecule has 0 spiro atoms. The molecule has 0 atom stereocenters. The van der Waals surface area contributed by atoms with Crippen molar-refractivity contribution in [2.45, 2.75) is 13.3 Å². The van der Waals surface area contributed by atoms with Gasteiger partial charge in [0.25, 0.3) is 0 Å². The summed E-state index contributed by atoms with van der Waals surface area (Å²) in [5.74, 6) is 0. The molecule has 0 amide bonds. The predicted octanol–water partition coefficient (Wildman–Crippen LogP) is 0.214. The van der Waals surface area contributed by atoms with Crippen LogP contribution in [0, 0.1) is 0 Å². The maximum Gasteiger partial charge on any atom is 0.119 e. The average Bonchev–Trinajstić information content (AvgIpc) is 1.37. The van der Waals surface area contributed by atoms with E-state index >= 15 is 0 Å². The Morgan fingerprint density at radius 3 is 2.00 bits per heavy atom. The minimum atomic E-state index is 0. The number of carbonyl (C=O) groups excluding carboxylic acids is 1. The van der Waals surface area contributed by atoms with Crippen LogP contribution in [-0.2, 0) is 4.79 Å². The van der Waals surface area contributed by atoms with Crippen LogP contribution < -0.4 is 0 Å². The van der Waals surface area contributed by atoms with Gasteiger partial charge in [-0.2, -0.15) is 0 Å². The van der Waals surface area contributed by atoms with Crippen LogP contribution in [-0.4, -0.2) is 33.6 Å². The van der Waals surface area contributed by atoms with Crippen molar-refractivity contribution >= 4 is 33.6 Å². The third kappa shape index (κ3) is 12.2. The van der Waals surface area contributed by atoms with E-state index in [4.69, 9.17) is 0 Å². The normalized spacial score (nSPS) is 5.00. The monoisotopic (exact) mass is 266 g/mol. The molecule has 4 radical (unpaired) electrons. The van der Waals surface area contributed by atoms with E-state index in [0.29, 0.717) is 6.42 Å². The second-order valence-corrected chi connectivity index (χ2v) is 0.575. The van der Waals surface area contributed by atoms with E-state index in [1.54, 1.807) is 0 Å². The molecule has 0 aromatic heterocycles. The molecule has 0 saturated carbocycles. The average molecular weight is 265 g/mol. The Hall–Kier alpha value is 0.592. The van der Waals surface area contributed by atoms with Gasteiger partial charge in [0.15, 0.2) is 0 Å². The molecule has 1 nitrogen and oxygen atoms in total. The van der Waals surface area contributed by atoms with E-state index in [1.807, 2.05) is 6.92 Å². The summed E-state index contributed by atoms with van der Waals surface area (Å²) in [7, 11) is 0. The van der Waals surface area contributed by atoms with Crippen molar-refractivity contribution in [1.29, 1.82) is 0 Å². The van der Waals surface area contributed by atoms with Crippen LogP contribution in [0.15, 0.2) is 0 Å². The summed E-state index contributed by atoms with van der Waals surface area (Å²) in [4.78, 5) is 9.17. The van der Waals surface area contributed by atoms with Gasteiger partial charge in [0.2, 0.25) is 0 Å². The second kappa shape index (κ2) is 8.82. The van der Waals surface area contributed by atoms with Crippen LogP contribution in [0.3, 0.4) is 0 Å². The Bertz CT molecular complexity index is 20.9. The van der Waals surface area contributed by atoms with Gasteiger partial charge in [-0.15, -0.1) is 0 Å². The Morgan fingerprint density at radius 1 is 1.80 bits per heavy atom. The Morgan fingerprint density at radius 2 is 2.00 bits per heavy atom. The number of aldehydes is 1. The van der Waals surface area contributed by atoms with Gasteiger partial charge in [-0.05, 0) is 0 Å². The smallest absolute Gasteiger partial charge is 0.119 e. The molecule has 0 N–H and O–H groups in total. The van der Waals surface area contributed by atoms with Crippen LogP contribution in [0.25, 0.3) is 0 Å². The fraction of sp³-hybridized carbons (Fsp3) is 0.667. The van der Waals surface area contributed by atoms with E-state index < -0.39 is 0 Å². The quantitative estimate of drug-likeness (QED) is 0.489. The molecule has 28 valence electrons. The minimum absolute atomic E-state index is 0. The van der Waals surface area contributed by atoms with Crippen molar-refractivity contribution in [2.75, 3.05) is 0 Å². The Labute approximate surface area is 51.9 Å². The van der Waals surface area contributed by atoms with Crippen LogP contribution >= 0.6 is 0 Å². The fourth-order valence-electron chi connectivity index (χ4n) is 0. The molecule has 2 heteroatoms. The second-order valence-electron chi connectivity index (χ2n) is 0.575. The van der Waals surface area contributed by atoms with Crippen LogP contribution in [0.4, 0.5) is 0 Å². The SMILES string of the molecule is CCC=O.[Pb]. The Kier molecular flexibility index (Phi) is 16.1. The zero-order valence-electron chi connectivity index (χ0n) is 3.19. The van der Waals surface area contributed by atoms with Gasteiger partial charge in [0, 0.05) is 33.7 Å². The number of carbonyl (C=O) groups is 1. The van der Waals surface area contributed by atoms with E-state index in [-0.39, 0.29) is 27.3 Å². The summed E-state index contributed by atoms with van der Waals surface area (Å²) in [5.41, 5.74) is 0. The summed E-state index contributed by atoms with van der Waals surface area (Å²) < 4.78 is 0. The molecule has 0 bridgehead atoms. The third-order valence-electron chi connectivity index (χ3n) is 0.167. The van der Waals surface area contributed by atoms with Crippen molar-refractivity contribution < 1.29 is 4.79 Å². The maximum absolute atomic E-state index is 9.17. The standard InChI is InChI=1S/C3H6O.Pb/c1-2-3-4;/h3H,2H2,1H3;. The zero-order valence-corrected chi connectivity index (χ0v) is 7.08. The van der Waals surface area contributed by atoms with Crippen LogP contribution in [0.1, 0.15) is 13.3 Å². The molecule has 0 saturated heterocycles. The van der Waals surface area contributed by atoms with Gasteiger partial charge in [-0.3, -0.25) is 0 Å². The van der Waals surface area contributed by atoms with Gasteiger partial charge in [-0.1, -0.05) is 6.92 Å². The molecule has 0 rings (SSSR count). The Balaban J connectivity index is 0. The molecular weight excluding hydrogens is 259 g/mol. The van der Waals surface area contributed by atoms with E-state index in [2.05, 4.69) is 0 Å². The molecular formula is C3H6OPb. The van der Waals surface area contributed by atoms with Gasteiger partial charge in [0.05, 0.1) is 0 Å². The fourth-order valence-corrected chi connectivity index (χ4v) is 0. The van der Waals surface area contributed by atoms with Crippen LogP contribution in [0.5, 0.6) is 0 Å². The molecule has 0 aromatic rings. The molecule has 0 aliphatic rings. The number of rotatable bonds is 1. The molecule has 0 unspecified atom stereocenters. The van der Waals surface area contributed by atoms with Crippen molar-refractivity contribution in [3.05, 3.63) is 0 Å². The van der Waals surface area contributed by atoms with Gasteiger partial charge in [-0.25, -0.2) is 0 Å². The maximum atomic E-state index is 9.17. The van der Waals surface area contributed by atoms with Crippen molar-refractivity contribution in [1.82, 2.24) is 0 Å². The molecule has 0 aliphatic heterocycles. The minimum Gasteiger partial charge on any atom is -0.303 e. The van der Waals surface area contributed by atoms with Gasteiger partial charge < -0.3 is 4.79 Å².